The highest BCUT2D eigenvalue weighted by Crippen LogP contribution is 2.36. The molecule has 3 rings (SSSR count). The van der Waals surface area contributed by atoms with E-state index in [1.807, 2.05) is 6.07 Å². The second kappa shape index (κ2) is 9.11. The van der Waals surface area contributed by atoms with E-state index in [9.17, 15) is 0 Å². The molecule has 23 heavy (non-hydrogen) atoms. The van der Waals surface area contributed by atoms with Gasteiger partial charge in [0.05, 0.1) is 0 Å². The van der Waals surface area contributed by atoms with Crippen molar-refractivity contribution < 1.29 is 9.47 Å². The molecule has 0 aromatic heterocycles. The van der Waals surface area contributed by atoms with Crippen LogP contribution in [-0.2, 0) is 6.54 Å². The highest BCUT2D eigenvalue weighted by atomic mass is 79.9. The largest absolute Gasteiger partial charge is 0.486 e. The number of rotatable bonds is 5. The van der Waals surface area contributed by atoms with Gasteiger partial charge in [-0.1, -0.05) is 22.9 Å². The molecule has 1 saturated heterocycles. The van der Waals surface area contributed by atoms with Crippen molar-refractivity contribution in [2.75, 3.05) is 39.4 Å². The van der Waals surface area contributed by atoms with E-state index < -0.39 is 0 Å². The maximum atomic E-state index is 5.70. The summed E-state index contributed by atoms with van der Waals surface area (Å²) in [4.78, 5) is 2.54. The van der Waals surface area contributed by atoms with Gasteiger partial charge in [0.15, 0.2) is 11.5 Å². The van der Waals surface area contributed by atoms with E-state index in [0.29, 0.717) is 13.2 Å². The minimum atomic E-state index is 0. The first-order chi connectivity index (χ1) is 10.8. The Bertz CT molecular complexity index is 508. The second-order valence-corrected chi connectivity index (χ2v) is 6.97. The Labute approximate surface area is 153 Å². The lowest BCUT2D eigenvalue weighted by molar-refractivity contribution is 0.167. The molecule has 0 radical (unpaired) electrons. The molecule has 1 aromatic rings. The second-order valence-electron chi connectivity index (χ2n) is 6.11. The predicted octanol–water partition coefficient (Wildman–Crippen LogP) is 3.46. The molecule has 130 valence electrons. The standard InChI is InChI=1S/C17H25BrN2O2.ClH/c1-2-19-11-13-3-5-20(6-4-13)12-14-9-16-17(10-15(14)18)22-8-7-21-16;/h9-10,13,19H,2-8,11-12H2,1H3;1H. The summed E-state index contributed by atoms with van der Waals surface area (Å²) < 4.78 is 12.4. The summed E-state index contributed by atoms with van der Waals surface area (Å²) in [6, 6.07) is 4.17. The molecule has 2 aliphatic heterocycles. The highest BCUT2D eigenvalue weighted by Gasteiger charge is 2.21. The van der Waals surface area contributed by atoms with Gasteiger partial charge >= 0.3 is 0 Å². The smallest absolute Gasteiger partial charge is 0.162 e. The number of nitrogens with one attached hydrogen (secondary N) is 1. The number of halogens is 2. The van der Waals surface area contributed by atoms with Crippen LogP contribution in [0.3, 0.4) is 0 Å². The van der Waals surface area contributed by atoms with E-state index >= 15 is 0 Å². The third-order valence-corrected chi connectivity index (χ3v) is 5.23. The summed E-state index contributed by atoms with van der Waals surface area (Å²) in [6.45, 7) is 9.03. The maximum absolute atomic E-state index is 5.70. The number of fused-ring (bicyclic) bond motifs is 1. The van der Waals surface area contributed by atoms with E-state index in [2.05, 4.69) is 39.1 Å². The normalized spacial score (nSPS) is 18.5. The Morgan fingerprint density at radius 2 is 1.83 bits per heavy atom. The average molecular weight is 406 g/mol. The number of ether oxygens (including phenoxy) is 2. The monoisotopic (exact) mass is 404 g/mol. The molecule has 2 aliphatic rings. The fourth-order valence-corrected chi connectivity index (χ4v) is 3.61. The van der Waals surface area contributed by atoms with Gasteiger partial charge in [0.25, 0.3) is 0 Å². The van der Waals surface area contributed by atoms with Crippen molar-refractivity contribution in [1.82, 2.24) is 10.2 Å². The van der Waals surface area contributed by atoms with E-state index in [0.717, 1.165) is 41.5 Å². The van der Waals surface area contributed by atoms with Crippen molar-refractivity contribution in [2.45, 2.75) is 26.3 Å². The van der Waals surface area contributed by atoms with Crippen LogP contribution in [0.2, 0.25) is 0 Å². The van der Waals surface area contributed by atoms with Crippen LogP contribution in [0.25, 0.3) is 0 Å². The first-order valence-corrected chi connectivity index (χ1v) is 9.06. The number of benzene rings is 1. The molecule has 2 heterocycles. The zero-order chi connectivity index (χ0) is 15.4. The zero-order valence-electron chi connectivity index (χ0n) is 13.6. The molecular formula is C17H26BrClN2O2. The molecule has 6 heteroatoms. The minimum absolute atomic E-state index is 0. The first-order valence-electron chi connectivity index (χ1n) is 8.27. The lowest BCUT2D eigenvalue weighted by Gasteiger charge is -2.32. The molecule has 0 spiro atoms. The topological polar surface area (TPSA) is 33.7 Å². The van der Waals surface area contributed by atoms with E-state index in [-0.39, 0.29) is 12.4 Å². The third kappa shape index (κ3) is 4.99. The van der Waals surface area contributed by atoms with Crippen molar-refractivity contribution in [3.63, 3.8) is 0 Å². The van der Waals surface area contributed by atoms with Crippen LogP contribution in [0.5, 0.6) is 11.5 Å². The number of piperidine rings is 1. The van der Waals surface area contributed by atoms with E-state index in [1.165, 1.54) is 31.5 Å². The van der Waals surface area contributed by atoms with Crippen LogP contribution in [-0.4, -0.2) is 44.3 Å². The molecule has 1 fully saturated rings. The number of hydrogen-bond acceptors (Lipinski definition) is 4. The molecule has 1 N–H and O–H groups in total. The summed E-state index contributed by atoms with van der Waals surface area (Å²) in [5, 5.41) is 3.47. The Morgan fingerprint density at radius 1 is 1.17 bits per heavy atom. The lowest BCUT2D eigenvalue weighted by atomic mass is 9.96. The molecule has 0 aliphatic carbocycles. The summed E-state index contributed by atoms with van der Waals surface area (Å²) in [7, 11) is 0. The Hall–Kier alpha value is -0.490. The summed E-state index contributed by atoms with van der Waals surface area (Å²) in [6.07, 6.45) is 2.57. The van der Waals surface area contributed by atoms with Gasteiger partial charge in [-0.25, -0.2) is 0 Å². The number of likely N-dealkylation sites (tertiary alicyclic amines) is 1. The first kappa shape index (κ1) is 18.8. The number of hydrogen-bond donors (Lipinski definition) is 1. The van der Waals surface area contributed by atoms with Crippen LogP contribution in [0, 0.1) is 5.92 Å². The maximum Gasteiger partial charge on any atom is 0.162 e. The Morgan fingerprint density at radius 3 is 2.48 bits per heavy atom. The van der Waals surface area contributed by atoms with Crippen LogP contribution in [0.4, 0.5) is 0 Å². The minimum Gasteiger partial charge on any atom is -0.486 e. The summed E-state index contributed by atoms with van der Waals surface area (Å²) in [5.41, 5.74) is 1.29. The third-order valence-electron chi connectivity index (χ3n) is 4.50. The van der Waals surface area contributed by atoms with Crippen molar-refractivity contribution >= 4 is 28.3 Å². The van der Waals surface area contributed by atoms with Crippen molar-refractivity contribution in [3.05, 3.63) is 22.2 Å². The summed E-state index contributed by atoms with van der Waals surface area (Å²) in [5.74, 6) is 2.57. The van der Waals surface area contributed by atoms with Crippen LogP contribution in [0.15, 0.2) is 16.6 Å². The predicted molar refractivity (Wildman–Crippen MR) is 98.9 cm³/mol. The lowest BCUT2D eigenvalue weighted by Crippen LogP contribution is -2.37. The highest BCUT2D eigenvalue weighted by molar-refractivity contribution is 9.10. The molecule has 0 atom stereocenters. The van der Waals surface area contributed by atoms with Crippen LogP contribution < -0.4 is 14.8 Å². The van der Waals surface area contributed by atoms with Gasteiger partial charge < -0.3 is 14.8 Å². The van der Waals surface area contributed by atoms with E-state index in [4.69, 9.17) is 9.47 Å². The van der Waals surface area contributed by atoms with Crippen molar-refractivity contribution in [2.24, 2.45) is 5.92 Å². The van der Waals surface area contributed by atoms with Gasteiger partial charge in [-0.2, -0.15) is 0 Å². The molecule has 0 unspecified atom stereocenters. The summed E-state index contributed by atoms with van der Waals surface area (Å²) >= 11 is 3.68. The molecule has 0 amide bonds. The molecular weight excluding hydrogens is 380 g/mol. The quantitative estimate of drug-likeness (QED) is 0.813. The van der Waals surface area contributed by atoms with Crippen molar-refractivity contribution in [3.8, 4) is 11.5 Å². The van der Waals surface area contributed by atoms with Crippen molar-refractivity contribution in [1.29, 1.82) is 0 Å². The Balaban J connectivity index is 0.00000192. The fraction of sp³-hybridized carbons (Fsp3) is 0.647. The van der Waals surface area contributed by atoms with Gasteiger partial charge in [0, 0.05) is 11.0 Å². The fourth-order valence-electron chi connectivity index (χ4n) is 3.17. The zero-order valence-corrected chi connectivity index (χ0v) is 16.0. The van der Waals surface area contributed by atoms with Gasteiger partial charge in [-0.15, -0.1) is 12.4 Å². The molecule has 0 saturated carbocycles. The molecule has 4 nitrogen and oxygen atoms in total. The van der Waals surface area contributed by atoms with Gasteiger partial charge in [-0.3, -0.25) is 4.90 Å². The van der Waals surface area contributed by atoms with Gasteiger partial charge in [-0.05, 0) is 62.6 Å². The number of nitrogens with zero attached hydrogens (tertiary/aromatic N) is 1. The van der Waals surface area contributed by atoms with E-state index in [1.54, 1.807) is 0 Å². The van der Waals surface area contributed by atoms with Crippen LogP contribution >= 0.6 is 28.3 Å². The van der Waals surface area contributed by atoms with Crippen LogP contribution in [0.1, 0.15) is 25.3 Å². The average Bonchev–Trinajstić information content (AvgIpc) is 2.55. The van der Waals surface area contributed by atoms with Gasteiger partial charge in [0.1, 0.15) is 13.2 Å². The molecule has 0 bridgehead atoms. The van der Waals surface area contributed by atoms with Gasteiger partial charge in [0.2, 0.25) is 0 Å². The SMILES string of the molecule is CCNCC1CCN(Cc2cc3c(cc2Br)OCCO3)CC1.Cl. The Kier molecular flexibility index (Phi) is 7.47. The molecule has 1 aromatic carbocycles.